The number of nitrogens with one attached hydrogen (secondary N) is 1. The molecular weight excluding hydrogens is 600 g/mol. The van der Waals surface area contributed by atoms with Crippen LogP contribution in [0.25, 0.3) is 22.2 Å². The summed E-state index contributed by atoms with van der Waals surface area (Å²) in [6, 6.07) is 5.13. The molecular formula is C32H41ClN6O6. The van der Waals surface area contributed by atoms with E-state index >= 15 is 0 Å². The maximum atomic E-state index is 14.1. The van der Waals surface area contributed by atoms with Crippen molar-refractivity contribution >= 4 is 34.5 Å². The van der Waals surface area contributed by atoms with Crippen LogP contribution in [-0.4, -0.2) is 111 Å². The Balaban J connectivity index is 1.38. The number of halogens is 1. The summed E-state index contributed by atoms with van der Waals surface area (Å²) in [5, 5.41) is 4.31. The minimum Gasteiger partial charge on any atom is -0.497 e. The molecule has 5 rings (SSSR count). The van der Waals surface area contributed by atoms with Crippen LogP contribution in [0.4, 0.5) is 5.95 Å². The quantitative estimate of drug-likeness (QED) is 0.279. The number of hydrogen-bond donors (Lipinski definition) is 1. The van der Waals surface area contributed by atoms with Crippen molar-refractivity contribution in [1.82, 2.24) is 24.3 Å². The van der Waals surface area contributed by atoms with Gasteiger partial charge in [0.05, 0.1) is 38.5 Å². The average molecular weight is 641 g/mol. The average Bonchev–Trinajstić information content (AvgIpc) is 3.02. The number of aromatic nitrogens is 3. The molecule has 2 aliphatic rings. The van der Waals surface area contributed by atoms with E-state index in [9.17, 15) is 9.59 Å². The number of rotatable bonds is 13. The van der Waals surface area contributed by atoms with E-state index in [4.69, 9.17) is 35.5 Å². The Hall–Kier alpha value is -3.71. The van der Waals surface area contributed by atoms with Gasteiger partial charge in [-0.2, -0.15) is 4.98 Å². The molecule has 242 valence electrons. The highest BCUT2D eigenvalue weighted by Gasteiger charge is 2.30. The number of ether oxygens (including phenoxy) is 4. The third kappa shape index (κ3) is 7.93. The SMILES string of the molecule is COc1cc(OC)c(Cl)c(-c2cc3cnc(NCC4CCOCC4)nc3n(CCOC3CN(C(=O)C=CCN(C)C)C3)c2=O)c1. The Labute approximate surface area is 267 Å². The third-order valence-electron chi connectivity index (χ3n) is 8.03. The van der Waals surface area contributed by atoms with Gasteiger partial charge in [0.2, 0.25) is 11.9 Å². The first-order valence-corrected chi connectivity index (χ1v) is 15.5. The number of carbonyl (C=O) groups excluding carboxylic acids is 1. The van der Waals surface area contributed by atoms with E-state index in [1.807, 2.05) is 25.1 Å². The van der Waals surface area contributed by atoms with Crippen molar-refractivity contribution in [1.29, 1.82) is 0 Å². The summed E-state index contributed by atoms with van der Waals surface area (Å²) in [7, 11) is 6.95. The molecule has 2 fully saturated rings. The van der Waals surface area contributed by atoms with Crippen molar-refractivity contribution in [2.75, 3.05) is 79.6 Å². The molecule has 0 saturated carbocycles. The molecule has 0 spiro atoms. The number of nitrogens with zero attached hydrogens (tertiary/aromatic N) is 5. The molecule has 0 unspecified atom stereocenters. The van der Waals surface area contributed by atoms with Crippen LogP contribution >= 0.6 is 11.6 Å². The molecule has 0 bridgehead atoms. The minimum absolute atomic E-state index is 0.0327. The third-order valence-corrected chi connectivity index (χ3v) is 8.42. The standard InChI is InChI=1S/C32H41ClN6O6/c1-37(2)9-5-6-28(40)38-19-24(20-38)45-13-10-39-30-22(18-35-32(36-30)34-17-21-7-11-44-12-8-21)14-26(31(39)41)25-15-23(42-3)16-27(43-4)29(25)33/h5-6,14-16,18,21,24H,7-13,17,19-20H2,1-4H3,(H,34,35,36). The summed E-state index contributed by atoms with van der Waals surface area (Å²) in [5.41, 5.74) is 1.04. The first-order chi connectivity index (χ1) is 21.8. The van der Waals surface area contributed by atoms with E-state index in [1.54, 1.807) is 47.0 Å². The fourth-order valence-corrected chi connectivity index (χ4v) is 5.66. The lowest BCUT2D eigenvalue weighted by Gasteiger charge is -2.38. The maximum Gasteiger partial charge on any atom is 0.260 e. The Morgan fingerprint density at radius 2 is 1.93 bits per heavy atom. The number of hydrogen-bond acceptors (Lipinski definition) is 10. The van der Waals surface area contributed by atoms with Gasteiger partial charge in [0.15, 0.2) is 0 Å². The van der Waals surface area contributed by atoms with E-state index in [-0.39, 0.29) is 30.7 Å². The largest absolute Gasteiger partial charge is 0.497 e. The van der Waals surface area contributed by atoms with E-state index in [1.165, 1.54) is 7.11 Å². The van der Waals surface area contributed by atoms with Gasteiger partial charge >= 0.3 is 0 Å². The van der Waals surface area contributed by atoms with Crippen molar-refractivity contribution in [3.05, 3.63) is 51.9 Å². The Morgan fingerprint density at radius 3 is 2.64 bits per heavy atom. The first kappa shape index (κ1) is 32.7. The zero-order valence-corrected chi connectivity index (χ0v) is 27.0. The summed E-state index contributed by atoms with van der Waals surface area (Å²) < 4.78 is 24.1. The van der Waals surface area contributed by atoms with Crippen molar-refractivity contribution in [3.8, 4) is 22.6 Å². The Kier molecular flexibility index (Phi) is 10.9. The van der Waals surface area contributed by atoms with Gasteiger partial charge in [-0.1, -0.05) is 17.7 Å². The van der Waals surface area contributed by atoms with E-state index in [0.29, 0.717) is 70.2 Å². The van der Waals surface area contributed by atoms with Crippen molar-refractivity contribution in [2.45, 2.75) is 25.5 Å². The van der Waals surface area contributed by atoms with Crippen LogP contribution in [0.5, 0.6) is 11.5 Å². The fraction of sp³-hybridized carbons (Fsp3) is 0.500. The molecule has 2 aromatic heterocycles. The highest BCUT2D eigenvalue weighted by Crippen LogP contribution is 2.38. The van der Waals surface area contributed by atoms with Gasteiger partial charge in [0.25, 0.3) is 5.56 Å². The highest BCUT2D eigenvalue weighted by atomic mass is 35.5. The zero-order chi connectivity index (χ0) is 31.9. The molecule has 0 radical (unpaired) electrons. The molecule has 0 aliphatic carbocycles. The molecule has 1 aromatic carbocycles. The van der Waals surface area contributed by atoms with Gasteiger partial charge in [-0.3, -0.25) is 14.2 Å². The summed E-state index contributed by atoms with van der Waals surface area (Å²) in [4.78, 5) is 39.5. The normalized spacial score (nSPS) is 16.0. The summed E-state index contributed by atoms with van der Waals surface area (Å²) >= 11 is 6.70. The number of anilines is 1. The monoisotopic (exact) mass is 640 g/mol. The van der Waals surface area contributed by atoms with Gasteiger partial charge in [-0.25, -0.2) is 4.98 Å². The number of fused-ring (bicyclic) bond motifs is 1. The van der Waals surface area contributed by atoms with E-state index in [0.717, 1.165) is 32.6 Å². The summed E-state index contributed by atoms with van der Waals surface area (Å²) in [5.74, 6) is 1.79. The second kappa shape index (κ2) is 15.0. The second-order valence-corrected chi connectivity index (χ2v) is 11.9. The smallest absolute Gasteiger partial charge is 0.260 e. The minimum atomic E-state index is -0.283. The summed E-state index contributed by atoms with van der Waals surface area (Å²) in [6.45, 7) is 4.43. The van der Waals surface area contributed by atoms with Crippen LogP contribution in [0.3, 0.4) is 0 Å². The van der Waals surface area contributed by atoms with Crippen molar-refractivity contribution < 1.29 is 23.7 Å². The zero-order valence-electron chi connectivity index (χ0n) is 26.3. The number of methoxy groups -OCH3 is 2. The lowest BCUT2D eigenvalue weighted by molar-refractivity contribution is -0.139. The molecule has 2 aliphatic heterocycles. The van der Waals surface area contributed by atoms with Crippen LogP contribution < -0.4 is 20.3 Å². The maximum absolute atomic E-state index is 14.1. The number of pyridine rings is 1. The number of amides is 1. The van der Waals surface area contributed by atoms with Crippen LogP contribution in [0.2, 0.25) is 5.02 Å². The number of likely N-dealkylation sites (tertiary alicyclic amines) is 1. The molecule has 45 heavy (non-hydrogen) atoms. The van der Waals surface area contributed by atoms with Gasteiger partial charge in [-0.15, -0.1) is 0 Å². The van der Waals surface area contributed by atoms with Crippen LogP contribution in [0.1, 0.15) is 12.8 Å². The molecule has 3 aromatic rings. The predicted octanol–water partition coefficient (Wildman–Crippen LogP) is 3.31. The predicted molar refractivity (Wildman–Crippen MR) is 173 cm³/mol. The van der Waals surface area contributed by atoms with Crippen LogP contribution in [0.15, 0.2) is 41.3 Å². The summed E-state index contributed by atoms with van der Waals surface area (Å²) in [6.07, 6.45) is 7.00. The first-order valence-electron chi connectivity index (χ1n) is 15.1. The lowest BCUT2D eigenvalue weighted by Crippen LogP contribution is -2.54. The Morgan fingerprint density at radius 1 is 1.16 bits per heavy atom. The van der Waals surface area contributed by atoms with Crippen molar-refractivity contribution in [3.63, 3.8) is 0 Å². The molecule has 2 saturated heterocycles. The molecule has 4 heterocycles. The molecule has 13 heteroatoms. The number of likely N-dealkylation sites (N-methyl/N-ethyl adjacent to an activating group) is 1. The van der Waals surface area contributed by atoms with Crippen LogP contribution in [-0.2, 0) is 20.8 Å². The number of carbonyl (C=O) groups is 1. The molecule has 12 nitrogen and oxygen atoms in total. The number of benzene rings is 1. The van der Waals surface area contributed by atoms with Crippen molar-refractivity contribution in [2.24, 2.45) is 5.92 Å². The second-order valence-electron chi connectivity index (χ2n) is 11.5. The lowest BCUT2D eigenvalue weighted by atomic mass is 10.0. The van der Waals surface area contributed by atoms with Gasteiger partial charge in [-0.05, 0) is 45.0 Å². The Bertz CT molecular complexity index is 1580. The van der Waals surface area contributed by atoms with Gasteiger partial charge in [0.1, 0.15) is 17.1 Å². The van der Waals surface area contributed by atoms with E-state index in [2.05, 4.69) is 10.3 Å². The van der Waals surface area contributed by atoms with Gasteiger partial charge < -0.3 is 34.1 Å². The topological polar surface area (TPSA) is 120 Å². The van der Waals surface area contributed by atoms with Gasteiger partial charge in [0, 0.05) is 74.2 Å². The molecule has 0 atom stereocenters. The molecule has 1 N–H and O–H groups in total. The fourth-order valence-electron chi connectivity index (χ4n) is 5.37. The molecule has 1 amide bonds. The van der Waals surface area contributed by atoms with Crippen LogP contribution in [0, 0.1) is 5.92 Å². The highest BCUT2D eigenvalue weighted by molar-refractivity contribution is 6.35. The van der Waals surface area contributed by atoms with E-state index < -0.39 is 0 Å².